The Labute approximate surface area is 163 Å². The molecule has 0 spiro atoms. The molecule has 1 aromatic carbocycles. The van der Waals surface area contributed by atoms with Gasteiger partial charge in [0.2, 0.25) is 0 Å². The highest BCUT2D eigenvalue weighted by Gasteiger charge is 2.50. The summed E-state index contributed by atoms with van der Waals surface area (Å²) in [4.78, 5) is 0. The van der Waals surface area contributed by atoms with Crippen molar-refractivity contribution >= 4 is 0 Å². The SMILES string of the molecule is COC(OC)[C@@H](C)c1ccc2c(c1C)CC1C2CC=C2C[C@@H](O)CC[C@@]21C. The topological polar surface area (TPSA) is 38.7 Å². The summed E-state index contributed by atoms with van der Waals surface area (Å²) in [5, 5.41) is 10.2. The van der Waals surface area contributed by atoms with Crippen molar-refractivity contribution in [1.29, 1.82) is 0 Å². The zero-order valence-corrected chi connectivity index (χ0v) is 17.4. The van der Waals surface area contributed by atoms with E-state index in [0.29, 0.717) is 11.8 Å². The van der Waals surface area contributed by atoms with Crippen LogP contribution in [0.4, 0.5) is 0 Å². The molecule has 3 aliphatic rings. The molecular formula is C24H34O3. The number of rotatable bonds is 4. The van der Waals surface area contributed by atoms with Crippen molar-refractivity contribution in [3.8, 4) is 0 Å². The monoisotopic (exact) mass is 370 g/mol. The second-order valence-electron chi connectivity index (χ2n) is 9.17. The van der Waals surface area contributed by atoms with Crippen molar-refractivity contribution in [3.63, 3.8) is 0 Å². The first-order valence-corrected chi connectivity index (χ1v) is 10.5. The zero-order valence-electron chi connectivity index (χ0n) is 17.4. The number of fused-ring (bicyclic) bond motifs is 5. The van der Waals surface area contributed by atoms with Gasteiger partial charge < -0.3 is 14.6 Å². The fourth-order valence-corrected chi connectivity index (χ4v) is 6.32. The largest absolute Gasteiger partial charge is 0.393 e. The third-order valence-corrected chi connectivity index (χ3v) is 7.97. The van der Waals surface area contributed by atoms with Crippen LogP contribution in [-0.4, -0.2) is 31.7 Å². The molecule has 1 aromatic rings. The summed E-state index contributed by atoms with van der Waals surface area (Å²) < 4.78 is 11.1. The molecule has 1 saturated carbocycles. The van der Waals surface area contributed by atoms with Gasteiger partial charge in [-0.1, -0.05) is 37.6 Å². The quantitative estimate of drug-likeness (QED) is 0.608. The van der Waals surface area contributed by atoms with Crippen molar-refractivity contribution in [2.75, 3.05) is 14.2 Å². The Kier molecular flexibility index (Phi) is 4.99. The minimum absolute atomic E-state index is 0.140. The molecule has 2 unspecified atom stereocenters. The van der Waals surface area contributed by atoms with Gasteiger partial charge in [0.05, 0.1) is 6.10 Å². The summed E-state index contributed by atoms with van der Waals surface area (Å²) in [5.41, 5.74) is 7.65. The molecule has 0 bridgehead atoms. The van der Waals surface area contributed by atoms with E-state index in [-0.39, 0.29) is 23.7 Å². The molecule has 0 saturated heterocycles. The summed E-state index contributed by atoms with van der Waals surface area (Å²) in [6, 6.07) is 4.68. The maximum atomic E-state index is 10.2. The molecule has 27 heavy (non-hydrogen) atoms. The molecule has 1 fully saturated rings. The third-order valence-electron chi connectivity index (χ3n) is 7.97. The molecule has 0 heterocycles. The van der Waals surface area contributed by atoms with Crippen LogP contribution in [-0.2, 0) is 15.9 Å². The molecule has 3 heteroatoms. The number of hydrogen-bond acceptors (Lipinski definition) is 3. The zero-order chi connectivity index (χ0) is 19.3. The first-order valence-electron chi connectivity index (χ1n) is 10.5. The molecule has 3 aliphatic carbocycles. The van der Waals surface area contributed by atoms with Crippen LogP contribution in [0.5, 0.6) is 0 Å². The Morgan fingerprint density at radius 2 is 1.93 bits per heavy atom. The number of benzene rings is 1. The van der Waals surface area contributed by atoms with Crippen molar-refractivity contribution in [3.05, 3.63) is 46.0 Å². The van der Waals surface area contributed by atoms with Crippen LogP contribution in [0.3, 0.4) is 0 Å². The molecule has 0 amide bonds. The minimum Gasteiger partial charge on any atom is -0.393 e. The van der Waals surface area contributed by atoms with Gasteiger partial charge in [-0.3, -0.25) is 0 Å². The summed E-state index contributed by atoms with van der Waals surface area (Å²) in [6.07, 6.45) is 7.33. The summed E-state index contributed by atoms with van der Waals surface area (Å²) in [5.74, 6) is 1.51. The van der Waals surface area contributed by atoms with Crippen LogP contribution in [0.1, 0.15) is 73.6 Å². The van der Waals surface area contributed by atoms with E-state index in [2.05, 4.69) is 39.0 Å². The number of hydrogen-bond donors (Lipinski definition) is 1. The average molecular weight is 371 g/mol. The van der Waals surface area contributed by atoms with Gasteiger partial charge in [0, 0.05) is 20.1 Å². The Morgan fingerprint density at radius 3 is 2.63 bits per heavy atom. The summed E-state index contributed by atoms with van der Waals surface area (Å²) >= 11 is 0. The number of aliphatic hydroxyl groups excluding tert-OH is 1. The Balaban J connectivity index is 1.68. The Bertz CT molecular complexity index is 748. The lowest BCUT2D eigenvalue weighted by atomic mass is 9.57. The van der Waals surface area contributed by atoms with Crippen LogP contribution < -0.4 is 0 Å². The average Bonchev–Trinajstić information content (AvgIpc) is 3.04. The fraction of sp³-hybridized carbons (Fsp3) is 0.667. The lowest BCUT2D eigenvalue weighted by molar-refractivity contribution is -0.115. The van der Waals surface area contributed by atoms with Gasteiger partial charge in [0.15, 0.2) is 6.29 Å². The number of methoxy groups -OCH3 is 2. The molecule has 0 radical (unpaired) electrons. The molecule has 5 atom stereocenters. The molecule has 4 rings (SSSR count). The van der Waals surface area contributed by atoms with E-state index in [1.54, 1.807) is 25.3 Å². The number of aliphatic hydroxyl groups is 1. The standard InChI is InChI=1S/C24H34O3/c1-14-18(15(2)23(26-4)27-5)8-9-19-20-7-6-16-12-17(25)10-11-24(16,3)22(20)13-21(14)19/h6,8-9,15,17,20,22-23,25H,7,10-13H2,1-5H3/t15-,17-,20?,22?,24-/m0/s1. The van der Waals surface area contributed by atoms with Gasteiger partial charge in [0.1, 0.15) is 0 Å². The van der Waals surface area contributed by atoms with Crippen LogP contribution in [0.25, 0.3) is 0 Å². The fourth-order valence-electron chi connectivity index (χ4n) is 6.32. The Hall–Kier alpha value is -1.16. The highest BCUT2D eigenvalue weighted by atomic mass is 16.7. The van der Waals surface area contributed by atoms with E-state index in [0.717, 1.165) is 25.7 Å². The lowest BCUT2D eigenvalue weighted by Crippen LogP contribution is -2.40. The van der Waals surface area contributed by atoms with E-state index in [4.69, 9.17) is 9.47 Å². The molecule has 0 aromatic heterocycles. The van der Waals surface area contributed by atoms with E-state index >= 15 is 0 Å². The van der Waals surface area contributed by atoms with E-state index < -0.39 is 0 Å². The van der Waals surface area contributed by atoms with Gasteiger partial charge in [-0.2, -0.15) is 0 Å². The molecule has 1 N–H and O–H groups in total. The van der Waals surface area contributed by atoms with Gasteiger partial charge in [-0.05, 0) is 78.5 Å². The van der Waals surface area contributed by atoms with Crippen LogP contribution in [0.15, 0.2) is 23.8 Å². The number of ether oxygens (including phenoxy) is 2. The number of allylic oxidation sites excluding steroid dienone is 1. The molecular weight excluding hydrogens is 336 g/mol. The van der Waals surface area contributed by atoms with Crippen molar-refractivity contribution in [1.82, 2.24) is 0 Å². The van der Waals surface area contributed by atoms with Crippen molar-refractivity contribution in [2.24, 2.45) is 11.3 Å². The second-order valence-corrected chi connectivity index (χ2v) is 9.17. The second kappa shape index (κ2) is 7.02. The first kappa shape index (κ1) is 19.2. The summed E-state index contributed by atoms with van der Waals surface area (Å²) in [7, 11) is 3.43. The van der Waals surface area contributed by atoms with Gasteiger partial charge >= 0.3 is 0 Å². The maximum absolute atomic E-state index is 10.2. The molecule has 148 valence electrons. The Morgan fingerprint density at radius 1 is 1.19 bits per heavy atom. The highest BCUT2D eigenvalue weighted by molar-refractivity contribution is 5.49. The van der Waals surface area contributed by atoms with Crippen molar-refractivity contribution < 1.29 is 14.6 Å². The smallest absolute Gasteiger partial charge is 0.163 e. The van der Waals surface area contributed by atoms with Crippen LogP contribution >= 0.6 is 0 Å². The highest BCUT2D eigenvalue weighted by Crippen LogP contribution is 2.60. The van der Waals surface area contributed by atoms with Gasteiger partial charge in [-0.15, -0.1) is 0 Å². The normalized spacial score (nSPS) is 33.3. The third kappa shape index (κ3) is 2.90. The van der Waals surface area contributed by atoms with Crippen LogP contribution in [0, 0.1) is 18.3 Å². The van der Waals surface area contributed by atoms with E-state index in [1.165, 1.54) is 23.1 Å². The molecule has 0 aliphatic heterocycles. The van der Waals surface area contributed by atoms with Gasteiger partial charge in [0.25, 0.3) is 0 Å². The van der Waals surface area contributed by atoms with E-state index in [1.807, 2.05) is 0 Å². The lowest BCUT2D eigenvalue weighted by Gasteiger charge is -2.48. The molecule has 3 nitrogen and oxygen atoms in total. The minimum atomic E-state index is -0.212. The predicted molar refractivity (Wildman–Crippen MR) is 108 cm³/mol. The van der Waals surface area contributed by atoms with Crippen molar-refractivity contribution in [2.45, 2.75) is 77.1 Å². The predicted octanol–water partition coefficient (Wildman–Crippen LogP) is 4.85. The van der Waals surface area contributed by atoms with Gasteiger partial charge in [-0.25, -0.2) is 0 Å². The summed E-state index contributed by atoms with van der Waals surface area (Å²) in [6.45, 7) is 6.93. The van der Waals surface area contributed by atoms with Crippen LogP contribution in [0.2, 0.25) is 0 Å². The van der Waals surface area contributed by atoms with E-state index in [9.17, 15) is 5.11 Å². The maximum Gasteiger partial charge on any atom is 0.163 e. The first-order chi connectivity index (χ1) is 12.9.